The highest BCUT2D eigenvalue weighted by molar-refractivity contribution is 5.75. The van der Waals surface area contributed by atoms with E-state index in [4.69, 9.17) is 5.73 Å². The number of rotatable bonds is 8. The van der Waals surface area contributed by atoms with Crippen LogP contribution in [0.5, 0.6) is 0 Å². The topological polar surface area (TPSA) is 62.1 Å². The Labute approximate surface area is 118 Å². The van der Waals surface area contributed by atoms with Gasteiger partial charge in [0.25, 0.3) is 0 Å². The van der Waals surface area contributed by atoms with Gasteiger partial charge in [0, 0.05) is 18.1 Å². The summed E-state index contributed by atoms with van der Waals surface area (Å²) >= 11 is 0. The second kappa shape index (κ2) is 9.04. The summed E-state index contributed by atoms with van der Waals surface area (Å²) in [6, 6.07) is 1.31. The Hall–Kier alpha value is 0.0569. The summed E-state index contributed by atoms with van der Waals surface area (Å²) in [6.07, 6.45) is 0.980. The number of nitrogens with two attached hydrogens (primary N) is 1. The second-order valence-electron chi connectivity index (χ2n) is 5.75. The van der Waals surface area contributed by atoms with Gasteiger partial charge in [-0.05, 0) is 45.1 Å². The molecule has 5 heteroatoms. The zero-order chi connectivity index (χ0) is 13.6. The zero-order valence-electron chi connectivity index (χ0n) is 12.6. The van der Waals surface area contributed by atoms with E-state index in [0.717, 1.165) is 6.42 Å². The van der Waals surface area contributed by atoms with Gasteiger partial charge in [0.05, 0.1) is 6.04 Å². The van der Waals surface area contributed by atoms with Gasteiger partial charge in [-0.2, -0.15) is 0 Å². The summed E-state index contributed by atoms with van der Waals surface area (Å²) in [5, 5.41) is 10.4. The van der Waals surface area contributed by atoms with E-state index in [-0.39, 0.29) is 17.0 Å². The third-order valence-electron chi connectivity index (χ3n) is 2.55. The standard InChI is InChI=1S/C13H32N4.H4Si/c1-8-12(15-9(2)3)13(14,16-10(4)5)17-11(6)7;/h9-12,15-17H,8,14H2,1-7H3;1H4. The van der Waals surface area contributed by atoms with Crippen LogP contribution in [0.1, 0.15) is 54.9 Å². The van der Waals surface area contributed by atoms with E-state index >= 15 is 0 Å². The highest BCUT2D eigenvalue weighted by atomic mass is 28.1. The molecule has 0 rings (SSSR count). The molecule has 0 aromatic heterocycles. The maximum absolute atomic E-state index is 6.52. The number of nitrogens with one attached hydrogen (secondary N) is 3. The smallest absolute Gasteiger partial charge is 0.137 e. The molecule has 0 fully saturated rings. The van der Waals surface area contributed by atoms with Crippen LogP contribution in [0.3, 0.4) is 0 Å². The third-order valence-corrected chi connectivity index (χ3v) is 2.55. The zero-order valence-corrected chi connectivity index (χ0v) is 12.6. The molecule has 0 bridgehead atoms. The van der Waals surface area contributed by atoms with Crippen molar-refractivity contribution in [2.45, 2.75) is 84.8 Å². The van der Waals surface area contributed by atoms with Crippen molar-refractivity contribution in [3.8, 4) is 0 Å². The van der Waals surface area contributed by atoms with Crippen molar-refractivity contribution in [2.24, 2.45) is 5.73 Å². The van der Waals surface area contributed by atoms with Crippen LogP contribution in [0.15, 0.2) is 0 Å². The fraction of sp³-hybridized carbons (Fsp3) is 1.00. The van der Waals surface area contributed by atoms with E-state index in [1.54, 1.807) is 0 Å². The first-order valence-corrected chi connectivity index (χ1v) is 6.81. The van der Waals surface area contributed by atoms with Crippen molar-refractivity contribution in [2.75, 3.05) is 0 Å². The first-order chi connectivity index (χ1) is 7.71. The summed E-state index contributed by atoms with van der Waals surface area (Å²) in [5.74, 6) is -0.568. The van der Waals surface area contributed by atoms with E-state index < -0.39 is 5.79 Å². The molecule has 0 aromatic rings. The lowest BCUT2D eigenvalue weighted by atomic mass is 10.0. The molecule has 18 heavy (non-hydrogen) atoms. The van der Waals surface area contributed by atoms with E-state index in [2.05, 4.69) is 64.4 Å². The molecule has 0 aliphatic heterocycles. The summed E-state index contributed by atoms with van der Waals surface area (Å²) in [6.45, 7) is 14.9. The molecule has 0 aromatic carbocycles. The first-order valence-electron chi connectivity index (χ1n) is 6.81. The van der Waals surface area contributed by atoms with Crippen LogP contribution >= 0.6 is 0 Å². The lowest BCUT2D eigenvalue weighted by Crippen LogP contribution is -2.76. The van der Waals surface area contributed by atoms with Crippen LogP contribution in [0, 0.1) is 0 Å². The van der Waals surface area contributed by atoms with Gasteiger partial charge in [-0.3, -0.25) is 16.4 Å². The molecular formula is C13H36N4Si. The second-order valence-corrected chi connectivity index (χ2v) is 5.75. The Morgan fingerprint density at radius 3 is 1.50 bits per heavy atom. The molecule has 1 unspecified atom stereocenters. The average Bonchev–Trinajstić information content (AvgIpc) is 2.10. The maximum atomic E-state index is 6.52. The molecule has 0 radical (unpaired) electrons. The summed E-state index contributed by atoms with van der Waals surface area (Å²) < 4.78 is 0. The van der Waals surface area contributed by atoms with Crippen molar-refractivity contribution in [3.05, 3.63) is 0 Å². The molecule has 1 atom stereocenters. The van der Waals surface area contributed by atoms with Crippen molar-refractivity contribution >= 4 is 11.0 Å². The lowest BCUT2D eigenvalue weighted by Gasteiger charge is -2.42. The molecule has 0 aliphatic carbocycles. The monoisotopic (exact) mass is 276 g/mol. The predicted octanol–water partition coefficient (Wildman–Crippen LogP) is -0.0801. The Morgan fingerprint density at radius 1 is 0.889 bits per heavy atom. The van der Waals surface area contributed by atoms with Crippen molar-refractivity contribution < 1.29 is 0 Å². The molecule has 112 valence electrons. The SMILES string of the molecule is CCC(NC(C)C)C(N)(NC(C)C)NC(C)C.[SiH4]. The van der Waals surface area contributed by atoms with Crippen molar-refractivity contribution in [1.82, 2.24) is 16.0 Å². The van der Waals surface area contributed by atoms with Gasteiger partial charge in [0.2, 0.25) is 0 Å². The van der Waals surface area contributed by atoms with Gasteiger partial charge in [-0.15, -0.1) is 0 Å². The van der Waals surface area contributed by atoms with Crippen LogP contribution in [0.4, 0.5) is 0 Å². The molecular weight excluding hydrogens is 240 g/mol. The maximum Gasteiger partial charge on any atom is 0.137 e. The van der Waals surface area contributed by atoms with Crippen LogP contribution in [-0.4, -0.2) is 40.9 Å². The van der Waals surface area contributed by atoms with Gasteiger partial charge in [0.15, 0.2) is 0 Å². The Kier molecular flexibility index (Phi) is 10.2. The molecule has 0 spiro atoms. The highest BCUT2D eigenvalue weighted by Gasteiger charge is 2.34. The van der Waals surface area contributed by atoms with Crippen molar-refractivity contribution in [1.29, 1.82) is 0 Å². The van der Waals surface area contributed by atoms with E-state index in [0.29, 0.717) is 18.1 Å². The Balaban J connectivity index is 0. The van der Waals surface area contributed by atoms with E-state index in [9.17, 15) is 0 Å². The highest BCUT2D eigenvalue weighted by Crippen LogP contribution is 2.08. The summed E-state index contributed by atoms with van der Waals surface area (Å²) in [7, 11) is 0. The molecule has 0 aliphatic rings. The summed E-state index contributed by atoms with van der Waals surface area (Å²) in [4.78, 5) is 0. The Morgan fingerprint density at radius 2 is 1.28 bits per heavy atom. The van der Waals surface area contributed by atoms with Crippen molar-refractivity contribution in [3.63, 3.8) is 0 Å². The van der Waals surface area contributed by atoms with Gasteiger partial charge < -0.3 is 5.32 Å². The van der Waals surface area contributed by atoms with Gasteiger partial charge in [-0.25, -0.2) is 0 Å². The first kappa shape index (κ1) is 20.4. The summed E-state index contributed by atoms with van der Waals surface area (Å²) in [5.41, 5.74) is 6.52. The predicted molar refractivity (Wildman–Crippen MR) is 87.1 cm³/mol. The minimum absolute atomic E-state index is 0. The molecule has 0 saturated carbocycles. The van der Waals surface area contributed by atoms with Gasteiger partial charge in [0.1, 0.15) is 5.79 Å². The van der Waals surface area contributed by atoms with Crippen LogP contribution in [-0.2, 0) is 0 Å². The molecule has 0 saturated heterocycles. The quantitative estimate of drug-likeness (QED) is 0.370. The van der Waals surface area contributed by atoms with Gasteiger partial charge >= 0.3 is 0 Å². The molecule has 4 nitrogen and oxygen atoms in total. The molecule has 0 heterocycles. The molecule has 5 N–H and O–H groups in total. The van der Waals surface area contributed by atoms with Crippen LogP contribution in [0.2, 0.25) is 0 Å². The Bertz CT molecular complexity index is 197. The fourth-order valence-corrected chi connectivity index (χ4v) is 2.17. The fourth-order valence-electron chi connectivity index (χ4n) is 2.17. The van der Waals surface area contributed by atoms with E-state index in [1.165, 1.54) is 0 Å². The molecule has 0 amide bonds. The van der Waals surface area contributed by atoms with Gasteiger partial charge in [-0.1, -0.05) is 20.8 Å². The minimum atomic E-state index is -0.568. The normalized spacial score (nSPS) is 14.2. The number of hydrogen-bond acceptors (Lipinski definition) is 4. The van der Waals surface area contributed by atoms with Crippen LogP contribution < -0.4 is 21.7 Å². The van der Waals surface area contributed by atoms with E-state index in [1.807, 2.05) is 0 Å². The lowest BCUT2D eigenvalue weighted by molar-refractivity contribution is 0.150. The van der Waals surface area contributed by atoms with Crippen LogP contribution in [0.25, 0.3) is 0 Å². The largest absolute Gasteiger partial charge is 0.308 e. The average molecular weight is 277 g/mol. The number of hydrogen-bond donors (Lipinski definition) is 4. The minimum Gasteiger partial charge on any atom is -0.308 e. The third kappa shape index (κ3) is 7.48.